The van der Waals surface area contributed by atoms with Crippen molar-refractivity contribution in [2.75, 3.05) is 36.5 Å². The second-order valence-corrected chi connectivity index (χ2v) is 5.89. The Labute approximate surface area is 156 Å². The molecule has 1 fully saturated rings. The van der Waals surface area contributed by atoms with Crippen LogP contribution >= 0.6 is 0 Å². The average molecular weight is 374 g/mol. The quantitative estimate of drug-likeness (QED) is 0.782. The number of nitrogens with one attached hydrogen (secondary N) is 1. The highest BCUT2D eigenvalue weighted by Gasteiger charge is 2.15. The minimum atomic E-state index is -2.86. The second-order valence-electron chi connectivity index (χ2n) is 5.89. The van der Waals surface area contributed by atoms with Crippen LogP contribution in [-0.4, -0.2) is 38.8 Å². The summed E-state index contributed by atoms with van der Waals surface area (Å²) in [5, 5.41) is 2.88. The molecular formula is C20H20F2N2O3. The topological polar surface area (TPSA) is 50.8 Å². The third-order valence-electron chi connectivity index (χ3n) is 4.05. The van der Waals surface area contributed by atoms with Crippen LogP contribution in [0.15, 0.2) is 54.6 Å². The number of hydrogen-bond acceptors (Lipinski definition) is 4. The molecule has 0 bridgehead atoms. The summed E-state index contributed by atoms with van der Waals surface area (Å²) < 4.78 is 34.0. The smallest absolute Gasteiger partial charge is 0.387 e. The third-order valence-corrected chi connectivity index (χ3v) is 4.05. The molecule has 2 aromatic rings. The fraction of sp³-hybridized carbons (Fsp3) is 0.250. The number of hydrogen-bond donors (Lipinski definition) is 1. The standard InChI is InChI=1S/C20H20F2N2O3/c21-20(22)27-16-8-5-15(6-9-16)7-10-19(25)23-17-3-1-2-4-18(17)24-11-13-26-14-12-24/h1-10,20H,11-14H2,(H,23,25)/b10-7+. The van der Waals surface area contributed by atoms with Gasteiger partial charge in [0.05, 0.1) is 24.6 Å². The van der Waals surface area contributed by atoms with Gasteiger partial charge in [-0.15, -0.1) is 0 Å². The maximum atomic E-state index is 12.3. The molecule has 0 aromatic heterocycles. The predicted molar refractivity (Wildman–Crippen MR) is 100 cm³/mol. The van der Waals surface area contributed by atoms with E-state index in [9.17, 15) is 13.6 Å². The molecule has 0 saturated carbocycles. The zero-order chi connectivity index (χ0) is 19.1. The van der Waals surface area contributed by atoms with Gasteiger partial charge in [0.1, 0.15) is 5.75 Å². The van der Waals surface area contributed by atoms with Crippen LogP contribution in [-0.2, 0) is 9.53 Å². The Morgan fingerprint density at radius 3 is 2.52 bits per heavy atom. The van der Waals surface area contributed by atoms with E-state index in [0.717, 1.165) is 24.5 Å². The number of benzene rings is 2. The van der Waals surface area contributed by atoms with Crippen LogP contribution in [0, 0.1) is 0 Å². The highest BCUT2D eigenvalue weighted by atomic mass is 19.3. The summed E-state index contributed by atoms with van der Waals surface area (Å²) in [6, 6.07) is 13.7. The van der Waals surface area contributed by atoms with Crippen LogP contribution in [0.4, 0.5) is 20.2 Å². The van der Waals surface area contributed by atoms with E-state index in [1.807, 2.05) is 24.3 Å². The first-order valence-corrected chi connectivity index (χ1v) is 8.57. The first-order valence-electron chi connectivity index (χ1n) is 8.57. The number of para-hydroxylation sites is 2. The lowest BCUT2D eigenvalue weighted by atomic mass is 10.2. The fourth-order valence-corrected chi connectivity index (χ4v) is 2.77. The maximum absolute atomic E-state index is 12.3. The van der Waals surface area contributed by atoms with E-state index >= 15 is 0 Å². The molecule has 0 aliphatic carbocycles. The Balaban J connectivity index is 1.63. The first kappa shape index (κ1) is 18.8. The molecule has 2 aromatic carbocycles. The number of halogens is 2. The van der Waals surface area contributed by atoms with Gasteiger partial charge in [-0.05, 0) is 35.9 Å². The summed E-state index contributed by atoms with van der Waals surface area (Å²) >= 11 is 0. The number of rotatable bonds is 6. The zero-order valence-corrected chi connectivity index (χ0v) is 14.6. The molecule has 0 radical (unpaired) electrons. The summed E-state index contributed by atoms with van der Waals surface area (Å²) in [4.78, 5) is 14.4. The molecule has 1 N–H and O–H groups in total. The lowest BCUT2D eigenvalue weighted by molar-refractivity contribution is -0.111. The zero-order valence-electron chi connectivity index (χ0n) is 14.6. The number of anilines is 2. The highest BCUT2D eigenvalue weighted by Crippen LogP contribution is 2.26. The molecule has 0 atom stereocenters. The van der Waals surface area contributed by atoms with Crippen molar-refractivity contribution >= 4 is 23.4 Å². The van der Waals surface area contributed by atoms with Gasteiger partial charge in [0, 0.05) is 19.2 Å². The molecule has 7 heteroatoms. The number of carbonyl (C=O) groups excluding carboxylic acids is 1. The van der Waals surface area contributed by atoms with Crippen molar-refractivity contribution in [1.82, 2.24) is 0 Å². The molecule has 27 heavy (non-hydrogen) atoms. The molecule has 3 rings (SSSR count). The van der Waals surface area contributed by atoms with Crippen molar-refractivity contribution in [3.05, 3.63) is 60.2 Å². The fourth-order valence-electron chi connectivity index (χ4n) is 2.77. The molecule has 0 unspecified atom stereocenters. The maximum Gasteiger partial charge on any atom is 0.387 e. The van der Waals surface area contributed by atoms with Gasteiger partial charge < -0.3 is 19.7 Å². The van der Waals surface area contributed by atoms with Crippen LogP contribution in [0.5, 0.6) is 5.75 Å². The Kier molecular flexibility index (Phi) is 6.38. The van der Waals surface area contributed by atoms with E-state index in [2.05, 4.69) is 15.0 Å². The molecule has 1 saturated heterocycles. The van der Waals surface area contributed by atoms with Crippen LogP contribution in [0.25, 0.3) is 6.08 Å². The molecule has 142 valence electrons. The predicted octanol–water partition coefficient (Wildman–Crippen LogP) is 3.78. The van der Waals surface area contributed by atoms with Crippen molar-refractivity contribution < 1.29 is 23.0 Å². The average Bonchev–Trinajstić information content (AvgIpc) is 2.68. The molecular weight excluding hydrogens is 354 g/mol. The highest BCUT2D eigenvalue weighted by molar-refractivity contribution is 6.03. The van der Waals surface area contributed by atoms with Gasteiger partial charge in [-0.1, -0.05) is 24.3 Å². The normalized spacial score (nSPS) is 14.6. The van der Waals surface area contributed by atoms with Crippen LogP contribution < -0.4 is 15.0 Å². The summed E-state index contributed by atoms with van der Waals surface area (Å²) in [5.41, 5.74) is 2.39. The lowest BCUT2D eigenvalue weighted by Crippen LogP contribution is -2.36. The van der Waals surface area contributed by atoms with Crippen molar-refractivity contribution in [2.24, 2.45) is 0 Å². The molecule has 1 aliphatic heterocycles. The van der Waals surface area contributed by atoms with Crippen LogP contribution in [0.1, 0.15) is 5.56 Å². The van der Waals surface area contributed by atoms with E-state index in [4.69, 9.17) is 4.74 Å². The SMILES string of the molecule is O=C(/C=C/c1ccc(OC(F)F)cc1)Nc1ccccc1N1CCOCC1. The Morgan fingerprint density at radius 2 is 1.81 bits per heavy atom. The lowest BCUT2D eigenvalue weighted by Gasteiger charge is -2.30. The third kappa shape index (κ3) is 5.52. The minimum absolute atomic E-state index is 0.0750. The second kappa shape index (κ2) is 9.14. The number of alkyl halides is 2. The summed E-state index contributed by atoms with van der Waals surface area (Å²) in [6.07, 6.45) is 3.01. The Bertz CT molecular complexity index is 788. The van der Waals surface area contributed by atoms with Gasteiger partial charge in [0.25, 0.3) is 0 Å². The number of nitrogens with zero attached hydrogens (tertiary/aromatic N) is 1. The van der Waals surface area contributed by atoms with Crippen LogP contribution in [0.3, 0.4) is 0 Å². The molecule has 1 aliphatic rings. The van der Waals surface area contributed by atoms with E-state index in [1.54, 1.807) is 18.2 Å². The monoisotopic (exact) mass is 374 g/mol. The van der Waals surface area contributed by atoms with Crippen molar-refractivity contribution in [1.29, 1.82) is 0 Å². The summed E-state index contributed by atoms with van der Waals surface area (Å²) in [5.74, 6) is -0.199. The van der Waals surface area contributed by atoms with E-state index in [1.165, 1.54) is 18.2 Å². The molecule has 5 nitrogen and oxygen atoms in total. The molecule has 1 heterocycles. The van der Waals surface area contributed by atoms with Crippen molar-refractivity contribution in [3.8, 4) is 5.75 Å². The molecule has 1 amide bonds. The van der Waals surface area contributed by atoms with Crippen molar-refractivity contribution in [3.63, 3.8) is 0 Å². The van der Waals surface area contributed by atoms with E-state index < -0.39 is 6.61 Å². The number of ether oxygens (including phenoxy) is 2. The van der Waals surface area contributed by atoms with Crippen LogP contribution in [0.2, 0.25) is 0 Å². The van der Waals surface area contributed by atoms with Crippen molar-refractivity contribution in [2.45, 2.75) is 6.61 Å². The Morgan fingerprint density at radius 1 is 1.11 bits per heavy atom. The van der Waals surface area contributed by atoms with Gasteiger partial charge in [-0.2, -0.15) is 8.78 Å². The van der Waals surface area contributed by atoms with Gasteiger partial charge in [0.2, 0.25) is 5.91 Å². The number of morpholine rings is 1. The van der Waals surface area contributed by atoms with Gasteiger partial charge in [-0.25, -0.2) is 0 Å². The van der Waals surface area contributed by atoms with E-state index in [0.29, 0.717) is 18.8 Å². The van der Waals surface area contributed by atoms with Gasteiger partial charge in [-0.3, -0.25) is 4.79 Å². The minimum Gasteiger partial charge on any atom is -0.435 e. The largest absolute Gasteiger partial charge is 0.435 e. The van der Waals surface area contributed by atoms with Gasteiger partial charge >= 0.3 is 6.61 Å². The first-order chi connectivity index (χ1) is 13.1. The molecule has 0 spiro atoms. The summed E-state index contributed by atoms with van der Waals surface area (Å²) in [7, 11) is 0. The van der Waals surface area contributed by atoms with Gasteiger partial charge in [0.15, 0.2) is 0 Å². The Hall–Kier alpha value is -2.93. The number of carbonyl (C=O) groups is 1. The number of amides is 1. The summed E-state index contributed by atoms with van der Waals surface area (Å²) in [6.45, 7) is 0.00980. The van der Waals surface area contributed by atoms with E-state index in [-0.39, 0.29) is 11.7 Å².